The highest BCUT2D eigenvalue weighted by Crippen LogP contribution is 2.19. The van der Waals surface area contributed by atoms with E-state index in [0.717, 1.165) is 16.5 Å². The van der Waals surface area contributed by atoms with Gasteiger partial charge in [-0.1, -0.05) is 30.3 Å². The number of rotatable bonds is 2. The molecular weight excluding hydrogens is 227 g/mol. The normalized spacial score (nSPS) is 10.7. The molecule has 3 rings (SSSR count). The lowest BCUT2D eigenvalue weighted by molar-refractivity contribution is 0.570. The Hall–Kier alpha value is -2.29. The van der Waals surface area contributed by atoms with Gasteiger partial charge in [-0.05, 0) is 17.7 Å². The minimum absolute atomic E-state index is 0.412. The molecule has 0 saturated carbocycles. The van der Waals surface area contributed by atoms with E-state index in [4.69, 9.17) is 0 Å². The topological polar surface area (TPSA) is 25.8 Å². The molecule has 0 saturated heterocycles. The van der Waals surface area contributed by atoms with Crippen molar-refractivity contribution in [3.05, 3.63) is 71.9 Å². The molecule has 18 heavy (non-hydrogen) atoms. The van der Waals surface area contributed by atoms with Crippen molar-refractivity contribution in [1.82, 2.24) is 9.97 Å². The minimum atomic E-state index is -0.412. The second-order valence-corrected chi connectivity index (χ2v) is 4.12. The highest BCUT2D eigenvalue weighted by Gasteiger charge is 2.06. The van der Waals surface area contributed by atoms with Gasteiger partial charge < -0.3 is 0 Å². The summed E-state index contributed by atoms with van der Waals surface area (Å²) in [5, 5.41) is 1.07. The van der Waals surface area contributed by atoms with Crippen LogP contribution in [0.2, 0.25) is 0 Å². The van der Waals surface area contributed by atoms with E-state index in [-0.39, 0.29) is 0 Å². The van der Waals surface area contributed by atoms with Gasteiger partial charge in [0.25, 0.3) is 0 Å². The van der Waals surface area contributed by atoms with Crippen molar-refractivity contribution < 1.29 is 4.39 Å². The first-order chi connectivity index (χ1) is 8.84. The fourth-order valence-corrected chi connectivity index (χ4v) is 2.07. The quantitative estimate of drug-likeness (QED) is 0.640. The largest absolute Gasteiger partial charge is 0.256 e. The van der Waals surface area contributed by atoms with Crippen LogP contribution >= 0.6 is 0 Å². The second kappa shape index (κ2) is 4.53. The molecule has 2 heterocycles. The lowest BCUT2D eigenvalue weighted by Crippen LogP contribution is -1.96. The molecule has 0 aliphatic carbocycles. The molecule has 2 aromatic heterocycles. The summed E-state index contributed by atoms with van der Waals surface area (Å²) in [7, 11) is 0. The average Bonchev–Trinajstić information content (AvgIpc) is 2.42. The molecule has 0 fully saturated rings. The van der Waals surface area contributed by atoms with Gasteiger partial charge in [0, 0.05) is 29.8 Å². The van der Waals surface area contributed by atoms with Gasteiger partial charge in [-0.25, -0.2) is 4.98 Å². The fraction of sp³-hybridized carbons (Fsp3) is 0.0667. The Kier molecular flexibility index (Phi) is 2.73. The lowest BCUT2D eigenvalue weighted by atomic mass is 10.0. The van der Waals surface area contributed by atoms with Crippen LogP contribution in [0.25, 0.3) is 10.9 Å². The maximum absolute atomic E-state index is 13.5. The highest BCUT2D eigenvalue weighted by atomic mass is 19.1. The Balaban J connectivity index is 2.08. The molecule has 88 valence electrons. The summed E-state index contributed by atoms with van der Waals surface area (Å²) < 4.78 is 13.5. The lowest BCUT2D eigenvalue weighted by Gasteiger charge is -2.06. The van der Waals surface area contributed by atoms with E-state index in [1.54, 1.807) is 18.3 Å². The number of halogens is 1. The first kappa shape index (κ1) is 10.8. The van der Waals surface area contributed by atoms with Gasteiger partial charge in [0.1, 0.15) is 0 Å². The highest BCUT2D eigenvalue weighted by molar-refractivity contribution is 5.81. The standard InChI is InChI=1S/C15H11FN2/c16-15-13(7-3-9-18-15)10-12-5-1-4-11-6-2-8-17-14(11)12/h1-9H,10H2. The summed E-state index contributed by atoms with van der Waals surface area (Å²) in [6.45, 7) is 0. The Labute approximate surface area is 104 Å². The van der Waals surface area contributed by atoms with E-state index in [2.05, 4.69) is 9.97 Å². The van der Waals surface area contributed by atoms with Crippen molar-refractivity contribution in [2.45, 2.75) is 6.42 Å². The van der Waals surface area contributed by atoms with Gasteiger partial charge in [-0.3, -0.25) is 4.98 Å². The Bertz CT molecular complexity index is 689. The zero-order valence-electron chi connectivity index (χ0n) is 9.68. The molecule has 3 heteroatoms. The molecular formula is C15H11FN2. The number of para-hydroxylation sites is 1. The molecule has 0 atom stereocenters. The van der Waals surface area contributed by atoms with E-state index in [0.29, 0.717) is 12.0 Å². The van der Waals surface area contributed by atoms with Crippen LogP contribution in [-0.4, -0.2) is 9.97 Å². The van der Waals surface area contributed by atoms with Crippen molar-refractivity contribution in [3.8, 4) is 0 Å². The number of hydrogen-bond acceptors (Lipinski definition) is 2. The zero-order chi connectivity index (χ0) is 12.4. The van der Waals surface area contributed by atoms with Crippen molar-refractivity contribution in [3.63, 3.8) is 0 Å². The smallest absolute Gasteiger partial charge is 0.216 e. The maximum atomic E-state index is 13.5. The van der Waals surface area contributed by atoms with Crippen LogP contribution in [0.1, 0.15) is 11.1 Å². The summed E-state index contributed by atoms with van der Waals surface area (Å²) in [6.07, 6.45) is 3.72. The molecule has 0 radical (unpaired) electrons. The molecule has 0 aliphatic rings. The van der Waals surface area contributed by atoms with Gasteiger partial charge in [0.15, 0.2) is 0 Å². The second-order valence-electron chi connectivity index (χ2n) is 4.12. The van der Waals surface area contributed by atoms with Gasteiger partial charge >= 0.3 is 0 Å². The number of fused-ring (bicyclic) bond motifs is 1. The first-order valence-corrected chi connectivity index (χ1v) is 5.76. The summed E-state index contributed by atoms with van der Waals surface area (Å²) in [5.41, 5.74) is 2.53. The number of benzene rings is 1. The van der Waals surface area contributed by atoms with E-state index >= 15 is 0 Å². The van der Waals surface area contributed by atoms with Crippen molar-refractivity contribution in [1.29, 1.82) is 0 Å². The molecule has 0 unspecified atom stereocenters. The molecule has 0 N–H and O–H groups in total. The molecule has 3 aromatic rings. The van der Waals surface area contributed by atoms with Crippen LogP contribution in [0.3, 0.4) is 0 Å². The van der Waals surface area contributed by atoms with E-state index in [9.17, 15) is 4.39 Å². The summed E-state index contributed by atoms with van der Waals surface area (Å²) >= 11 is 0. The Morgan fingerprint density at radius 1 is 0.833 bits per heavy atom. The zero-order valence-corrected chi connectivity index (χ0v) is 9.68. The fourth-order valence-electron chi connectivity index (χ4n) is 2.07. The Morgan fingerprint density at radius 3 is 2.44 bits per heavy atom. The van der Waals surface area contributed by atoms with Crippen LogP contribution in [0, 0.1) is 5.95 Å². The van der Waals surface area contributed by atoms with Gasteiger partial charge in [0.2, 0.25) is 5.95 Å². The predicted molar refractivity (Wildman–Crippen MR) is 68.7 cm³/mol. The number of pyridine rings is 2. The van der Waals surface area contributed by atoms with E-state index in [1.165, 1.54) is 6.20 Å². The van der Waals surface area contributed by atoms with Gasteiger partial charge in [-0.2, -0.15) is 4.39 Å². The monoisotopic (exact) mass is 238 g/mol. The summed E-state index contributed by atoms with van der Waals surface area (Å²) in [4.78, 5) is 8.03. The molecule has 2 nitrogen and oxygen atoms in total. The third-order valence-corrected chi connectivity index (χ3v) is 2.93. The SMILES string of the molecule is Fc1ncccc1Cc1cccc2cccnc12. The van der Waals surface area contributed by atoms with Crippen LogP contribution in [0.15, 0.2) is 54.9 Å². The van der Waals surface area contributed by atoms with Gasteiger partial charge in [0.05, 0.1) is 5.52 Å². The molecule has 0 spiro atoms. The van der Waals surface area contributed by atoms with Crippen LogP contribution in [0.4, 0.5) is 4.39 Å². The molecule has 0 amide bonds. The number of nitrogens with zero attached hydrogens (tertiary/aromatic N) is 2. The van der Waals surface area contributed by atoms with Crippen molar-refractivity contribution in [2.75, 3.05) is 0 Å². The van der Waals surface area contributed by atoms with Crippen molar-refractivity contribution >= 4 is 10.9 Å². The van der Waals surface area contributed by atoms with Crippen LogP contribution in [-0.2, 0) is 6.42 Å². The third kappa shape index (κ3) is 1.95. The van der Waals surface area contributed by atoms with Crippen LogP contribution < -0.4 is 0 Å². The molecule has 1 aromatic carbocycles. The number of hydrogen-bond donors (Lipinski definition) is 0. The first-order valence-electron chi connectivity index (χ1n) is 5.76. The minimum Gasteiger partial charge on any atom is -0.256 e. The Morgan fingerprint density at radius 2 is 1.56 bits per heavy atom. The molecule has 0 aliphatic heterocycles. The molecule has 0 bridgehead atoms. The summed E-state index contributed by atoms with van der Waals surface area (Å²) in [6, 6.07) is 13.4. The maximum Gasteiger partial charge on any atom is 0.216 e. The van der Waals surface area contributed by atoms with Crippen molar-refractivity contribution in [2.24, 2.45) is 0 Å². The van der Waals surface area contributed by atoms with E-state index < -0.39 is 5.95 Å². The number of aromatic nitrogens is 2. The third-order valence-electron chi connectivity index (χ3n) is 2.93. The predicted octanol–water partition coefficient (Wildman–Crippen LogP) is 3.36. The van der Waals surface area contributed by atoms with E-state index in [1.807, 2.05) is 30.3 Å². The van der Waals surface area contributed by atoms with Gasteiger partial charge in [-0.15, -0.1) is 0 Å². The summed E-state index contributed by atoms with van der Waals surface area (Å²) in [5.74, 6) is -0.412. The van der Waals surface area contributed by atoms with Crippen LogP contribution in [0.5, 0.6) is 0 Å². The average molecular weight is 238 g/mol.